The first-order valence-corrected chi connectivity index (χ1v) is 12.8. The fourth-order valence-corrected chi connectivity index (χ4v) is 6.46. The number of aromatic nitrogens is 1. The lowest BCUT2D eigenvalue weighted by atomic mass is 9.76. The number of Topliss-reactive ketones (excluding diaryl/α,β-unsaturated/α-hetero) is 1. The third kappa shape index (κ3) is 3.94. The first-order valence-electron chi connectivity index (χ1n) is 12.8. The minimum absolute atomic E-state index is 0.0284. The van der Waals surface area contributed by atoms with Gasteiger partial charge in [-0.2, -0.15) is 0 Å². The van der Waals surface area contributed by atoms with Crippen LogP contribution in [0, 0.1) is 5.92 Å². The predicted octanol–water partition coefficient (Wildman–Crippen LogP) is 5.86. The van der Waals surface area contributed by atoms with Gasteiger partial charge in [0.25, 0.3) is 0 Å². The molecule has 2 fully saturated rings. The van der Waals surface area contributed by atoms with Gasteiger partial charge in [0.2, 0.25) is 0 Å². The smallest absolute Gasteiger partial charge is 0.410 e. The van der Waals surface area contributed by atoms with Crippen molar-refractivity contribution < 1.29 is 19.1 Å². The highest BCUT2D eigenvalue weighted by atomic mass is 16.6. The molecule has 0 N–H and O–H groups in total. The number of carbonyl (C=O) groups is 2. The molecule has 2 unspecified atom stereocenters. The van der Waals surface area contributed by atoms with E-state index < -0.39 is 0 Å². The molecule has 6 heteroatoms. The Bertz CT molecular complexity index is 1250. The van der Waals surface area contributed by atoms with E-state index in [0.717, 1.165) is 19.3 Å². The molecule has 0 radical (unpaired) electrons. The molecule has 1 amide bonds. The largest absolute Gasteiger partial charge is 0.495 e. The van der Waals surface area contributed by atoms with Crippen LogP contribution < -0.4 is 4.74 Å². The summed E-state index contributed by atoms with van der Waals surface area (Å²) in [4.78, 5) is 32.8. The first-order chi connectivity index (χ1) is 17.6. The second-order valence-corrected chi connectivity index (χ2v) is 10.1. The zero-order valence-electron chi connectivity index (χ0n) is 20.4. The van der Waals surface area contributed by atoms with Crippen LogP contribution in [-0.4, -0.2) is 47.6 Å². The van der Waals surface area contributed by atoms with E-state index in [9.17, 15) is 9.59 Å². The van der Waals surface area contributed by atoms with Gasteiger partial charge in [0.15, 0.2) is 5.78 Å². The Morgan fingerprint density at radius 3 is 2.22 bits per heavy atom. The standard InChI is InChI=1S/C30H30N2O4/c1-35-23-15-20(16-31-17-23)29(33)19-13-21-7-6-8-22(14-19)32(21)30(34)36-18-28-26-11-4-2-9-24(26)25-10-3-5-12-27(25)28/h2-5,9-12,15-17,19,21-22,28H,6-8,13-14,18H2,1H3. The predicted molar refractivity (Wildman–Crippen MR) is 136 cm³/mol. The van der Waals surface area contributed by atoms with Gasteiger partial charge in [0.05, 0.1) is 13.3 Å². The second kappa shape index (κ2) is 9.41. The van der Waals surface area contributed by atoms with Gasteiger partial charge < -0.3 is 14.4 Å². The summed E-state index contributed by atoms with van der Waals surface area (Å²) in [7, 11) is 1.57. The van der Waals surface area contributed by atoms with E-state index in [1.54, 1.807) is 25.6 Å². The number of carbonyl (C=O) groups excluding carboxylic acids is 2. The molecular formula is C30H30N2O4. The van der Waals surface area contributed by atoms with Gasteiger partial charge in [-0.15, -0.1) is 0 Å². The third-order valence-corrected chi connectivity index (χ3v) is 8.13. The van der Waals surface area contributed by atoms with Crippen LogP contribution in [0.3, 0.4) is 0 Å². The minimum atomic E-state index is -0.250. The zero-order valence-corrected chi connectivity index (χ0v) is 20.4. The van der Waals surface area contributed by atoms with Crippen LogP contribution in [0.4, 0.5) is 4.79 Å². The Morgan fingerprint density at radius 1 is 0.944 bits per heavy atom. The van der Waals surface area contributed by atoms with E-state index in [2.05, 4.69) is 41.4 Å². The van der Waals surface area contributed by atoms with Gasteiger partial charge in [-0.1, -0.05) is 48.5 Å². The minimum Gasteiger partial charge on any atom is -0.495 e. The molecular weight excluding hydrogens is 452 g/mol. The Balaban J connectivity index is 1.16. The molecule has 2 bridgehead atoms. The molecule has 3 heterocycles. The SMILES string of the molecule is COc1cncc(C(=O)C2CC3CCCC(C2)N3C(=O)OCC2c3ccccc3-c3ccccc32)c1. The van der Waals surface area contributed by atoms with Crippen molar-refractivity contribution in [2.75, 3.05) is 13.7 Å². The fourth-order valence-electron chi connectivity index (χ4n) is 6.46. The van der Waals surface area contributed by atoms with Gasteiger partial charge in [0.1, 0.15) is 12.4 Å². The number of pyridine rings is 1. The highest BCUT2D eigenvalue weighted by Gasteiger charge is 2.44. The maximum Gasteiger partial charge on any atom is 0.410 e. The molecule has 3 aliphatic rings. The van der Waals surface area contributed by atoms with Crippen LogP contribution in [0.5, 0.6) is 5.75 Å². The monoisotopic (exact) mass is 482 g/mol. The molecule has 184 valence electrons. The lowest BCUT2D eigenvalue weighted by Gasteiger charge is -2.47. The van der Waals surface area contributed by atoms with E-state index in [1.165, 1.54) is 22.3 Å². The molecule has 1 aromatic heterocycles. The van der Waals surface area contributed by atoms with Gasteiger partial charge in [-0.05, 0) is 60.4 Å². The number of ether oxygens (including phenoxy) is 2. The quantitative estimate of drug-likeness (QED) is 0.427. The number of fused-ring (bicyclic) bond motifs is 5. The van der Waals surface area contributed by atoms with Gasteiger partial charge in [-0.3, -0.25) is 9.78 Å². The number of methoxy groups -OCH3 is 1. The number of rotatable bonds is 5. The Labute approximate surface area is 211 Å². The normalized spacial score (nSPS) is 22.5. The van der Waals surface area contributed by atoms with Gasteiger partial charge in [0, 0.05) is 35.7 Å². The van der Waals surface area contributed by atoms with Gasteiger partial charge >= 0.3 is 6.09 Å². The molecule has 2 saturated heterocycles. The number of hydrogen-bond donors (Lipinski definition) is 0. The van der Waals surface area contributed by atoms with E-state index >= 15 is 0 Å². The van der Waals surface area contributed by atoms with Crippen molar-refractivity contribution in [3.05, 3.63) is 83.7 Å². The van der Waals surface area contributed by atoms with Crippen molar-refractivity contribution >= 4 is 11.9 Å². The number of amides is 1. The maximum absolute atomic E-state index is 13.4. The number of piperidine rings is 2. The molecule has 36 heavy (non-hydrogen) atoms. The van der Waals surface area contributed by atoms with Crippen LogP contribution in [0.1, 0.15) is 59.5 Å². The van der Waals surface area contributed by atoms with Crippen LogP contribution in [0.15, 0.2) is 67.0 Å². The second-order valence-electron chi connectivity index (χ2n) is 10.1. The third-order valence-electron chi connectivity index (χ3n) is 8.13. The average molecular weight is 483 g/mol. The van der Waals surface area contributed by atoms with Crippen molar-refractivity contribution in [1.29, 1.82) is 0 Å². The van der Waals surface area contributed by atoms with Crippen molar-refractivity contribution in [1.82, 2.24) is 9.88 Å². The van der Waals surface area contributed by atoms with Crippen LogP contribution in [0.25, 0.3) is 11.1 Å². The molecule has 6 nitrogen and oxygen atoms in total. The first kappa shape index (κ1) is 22.8. The number of hydrogen-bond acceptors (Lipinski definition) is 5. The van der Waals surface area contributed by atoms with Gasteiger partial charge in [-0.25, -0.2) is 4.79 Å². The summed E-state index contributed by atoms with van der Waals surface area (Å²) in [6, 6.07) is 18.5. The van der Waals surface area contributed by atoms with E-state index in [-0.39, 0.29) is 35.8 Å². The van der Waals surface area contributed by atoms with Crippen LogP contribution in [-0.2, 0) is 4.74 Å². The number of nitrogens with zero attached hydrogens (tertiary/aromatic N) is 2. The molecule has 1 aliphatic carbocycles. The summed E-state index contributed by atoms with van der Waals surface area (Å²) in [5, 5.41) is 0. The molecule has 2 atom stereocenters. The van der Waals surface area contributed by atoms with E-state index in [4.69, 9.17) is 9.47 Å². The molecule has 6 rings (SSSR count). The molecule has 2 aliphatic heterocycles. The van der Waals surface area contributed by atoms with Crippen molar-refractivity contribution in [2.45, 2.75) is 50.1 Å². The van der Waals surface area contributed by atoms with Crippen LogP contribution >= 0.6 is 0 Å². The summed E-state index contributed by atoms with van der Waals surface area (Å²) in [6.45, 7) is 0.320. The molecule has 0 saturated carbocycles. The lowest BCUT2D eigenvalue weighted by molar-refractivity contribution is 0.00650. The molecule has 3 aromatic rings. The Morgan fingerprint density at radius 2 is 1.58 bits per heavy atom. The molecule has 0 spiro atoms. The van der Waals surface area contributed by atoms with E-state index in [1.807, 2.05) is 17.0 Å². The fraction of sp³-hybridized carbons (Fsp3) is 0.367. The van der Waals surface area contributed by atoms with Crippen LogP contribution in [0.2, 0.25) is 0 Å². The topological polar surface area (TPSA) is 68.7 Å². The summed E-state index contributed by atoms with van der Waals surface area (Å²) in [6.07, 6.45) is 7.17. The number of benzene rings is 2. The number of ketones is 1. The van der Waals surface area contributed by atoms with E-state index in [0.29, 0.717) is 30.8 Å². The Kier molecular flexibility index (Phi) is 5.96. The van der Waals surface area contributed by atoms with Crippen molar-refractivity contribution in [3.63, 3.8) is 0 Å². The zero-order chi connectivity index (χ0) is 24.6. The van der Waals surface area contributed by atoms with Crippen molar-refractivity contribution in [3.8, 4) is 16.9 Å². The summed E-state index contributed by atoms with van der Waals surface area (Å²) >= 11 is 0. The summed E-state index contributed by atoms with van der Waals surface area (Å²) in [5.41, 5.74) is 5.44. The highest BCUT2D eigenvalue weighted by Crippen LogP contribution is 2.45. The average Bonchev–Trinajstić information content (AvgIpc) is 3.24. The summed E-state index contributed by atoms with van der Waals surface area (Å²) < 4.78 is 11.2. The lowest BCUT2D eigenvalue weighted by Crippen LogP contribution is -2.55. The Hall–Kier alpha value is -3.67. The van der Waals surface area contributed by atoms with Crippen molar-refractivity contribution in [2.24, 2.45) is 5.92 Å². The molecule has 2 aromatic carbocycles. The highest BCUT2D eigenvalue weighted by molar-refractivity contribution is 5.98. The maximum atomic E-state index is 13.4. The summed E-state index contributed by atoms with van der Waals surface area (Å²) in [5.74, 6) is 0.593.